The van der Waals surface area contributed by atoms with Crippen LogP contribution in [0, 0.1) is 0 Å². The Hall–Kier alpha value is -3.97. The second kappa shape index (κ2) is 9.26. The van der Waals surface area contributed by atoms with Gasteiger partial charge in [0.1, 0.15) is 23.0 Å². The Balaban J connectivity index is 1.56. The lowest BCUT2D eigenvalue weighted by molar-refractivity contribution is 0.122. The molecule has 1 aliphatic heterocycles. The van der Waals surface area contributed by atoms with Gasteiger partial charge in [0.2, 0.25) is 0 Å². The highest BCUT2D eigenvalue weighted by molar-refractivity contribution is 5.83. The number of anilines is 1. The summed E-state index contributed by atoms with van der Waals surface area (Å²) in [5, 5.41) is 4.60. The van der Waals surface area contributed by atoms with E-state index in [1.807, 2.05) is 66.7 Å². The molecule has 0 aliphatic carbocycles. The van der Waals surface area contributed by atoms with Gasteiger partial charge < -0.3 is 14.4 Å². The van der Waals surface area contributed by atoms with Crippen LogP contribution in [-0.2, 0) is 11.8 Å². The van der Waals surface area contributed by atoms with Gasteiger partial charge in [-0.25, -0.2) is 9.67 Å². The lowest BCUT2D eigenvalue weighted by atomic mass is 10.0. The van der Waals surface area contributed by atoms with E-state index in [9.17, 15) is 4.79 Å². The number of para-hydroxylation sites is 2. The fraction of sp³-hybridized carbons (Fsp3) is 0.192. The minimum atomic E-state index is -0.188. The Labute approximate surface area is 191 Å². The van der Waals surface area contributed by atoms with Gasteiger partial charge in [-0.1, -0.05) is 30.3 Å². The van der Waals surface area contributed by atoms with Crippen molar-refractivity contribution in [1.82, 2.24) is 14.8 Å². The molecule has 0 bridgehead atoms. The first kappa shape index (κ1) is 20.9. The fourth-order valence-corrected chi connectivity index (χ4v) is 3.85. The number of nitrogens with zero attached hydrogens (tertiary/aromatic N) is 4. The first-order valence-electron chi connectivity index (χ1n) is 10.9. The molecule has 1 saturated heterocycles. The number of benzene rings is 2. The maximum absolute atomic E-state index is 12.5. The third kappa shape index (κ3) is 4.49. The van der Waals surface area contributed by atoms with Crippen molar-refractivity contribution in [3.8, 4) is 33.9 Å². The van der Waals surface area contributed by atoms with Gasteiger partial charge >= 0.3 is 0 Å². The van der Waals surface area contributed by atoms with Crippen LogP contribution in [0.3, 0.4) is 0 Å². The summed E-state index contributed by atoms with van der Waals surface area (Å²) in [5.74, 6) is 2.29. The lowest BCUT2D eigenvalue weighted by Gasteiger charge is -2.27. The number of hydrogen-bond acceptors (Lipinski definition) is 6. The van der Waals surface area contributed by atoms with Gasteiger partial charge in [0, 0.05) is 49.1 Å². The molecule has 0 unspecified atom stereocenters. The minimum Gasteiger partial charge on any atom is -0.457 e. The van der Waals surface area contributed by atoms with Gasteiger partial charge in [-0.15, -0.1) is 0 Å². The Morgan fingerprint density at radius 2 is 1.67 bits per heavy atom. The van der Waals surface area contributed by atoms with Gasteiger partial charge in [0.15, 0.2) is 0 Å². The van der Waals surface area contributed by atoms with E-state index in [0.29, 0.717) is 30.2 Å². The molecule has 0 saturated carbocycles. The molecule has 7 nitrogen and oxygen atoms in total. The summed E-state index contributed by atoms with van der Waals surface area (Å²) in [6, 6.07) is 22.9. The average molecular weight is 441 g/mol. The molecule has 4 aromatic rings. The summed E-state index contributed by atoms with van der Waals surface area (Å²) < 4.78 is 12.9. The first-order valence-corrected chi connectivity index (χ1v) is 10.9. The number of aryl methyl sites for hydroxylation is 1. The van der Waals surface area contributed by atoms with Crippen molar-refractivity contribution in [3.63, 3.8) is 0 Å². The van der Waals surface area contributed by atoms with Crippen molar-refractivity contribution < 1.29 is 9.47 Å². The maximum Gasteiger partial charge on any atom is 0.267 e. The van der Waals surface area contributed by atoms with Gasteiger partial charge in [-0.2, -0.15) is 5.10 Å². The largest absolute Gasteiger partial charge is 0.457 e. The summed E-state index contributed by atoms with van der Waals surface area (Å²) in [6.45, 7) is 3.03. The molecule has 5 rings (SSSR count). The topological polar surface area (TPSA) is 69.5 Å². The zero-order valence-corrected chi connectivity index (χ0v) is 18.3. The van der Waals surface area contributed by atoms with E-state index < -0.39 is 0 Å². The van der Waals surface area contributed by atoms with Crippen molar-refractivity contribution in [3.05, 3.63) is 89.3 Å². The zero-order valence-electron chi connectivity index (χ0n) is 18.3. The summed E-state index contributed by atoms with van der Waals surface area (Å²) >= 11 is 0. The van der Waals surface area contributed by atoms with Crippen molar-refractivity contribution in [1.29, 1.82) is 0 Å². The predicted molar refractivity (Wildman–Crippen MR) is 128 cm³/mol. The summed E-state index contributed by atoms with van der Waals surface area (Å²) in [6.07, 6.45) is 1.80. The number of ether oxygens (including phenoxy) is 2. The normalized spacial score (nSPS) is 13.7. The Kier molecular flexibility index (Phi) is 5.87. The van der Waals surface area contributed by atoms with Crippen molar-refractivity contribution in [2.75, 3.05) is 31.2 Å². The van der Waals surface area contributed by atoms with Gasteiger partial charge in [0.25, 0.3) is 5.56 Å². The minimum absolute atomic E-state index is 0.188. The number of hydrogen-bond donors (Lipinski definition) is 0. The van der Waals surface area contributed by atoms with E-state index in [-0.39, 0.29) is 5.56 Å². The molecule has 0 amide bonds. The monoisotopic (exact) mass is 440 g/mol. The Morgan fingerprint density at radius 1 is 0.909 bits per heavy atom. The number of aromatic nitrogens is 3. The molecule has 0 radical (unpaired) electrons. The van der Waals surface area contributed by atoms with Crippen molar-refractivity contribution in [2.24, 2.45) is 7.05 Å². The summed E-state index contributed by atoms with van der Waals surface area (Å²) in [7, 11) is 1.65. The summed E-state index contributed by atoms with van der Waals surface area (Å²) in [5.41, 5.74) is 2.80. The van der Waals surface area contributed by atoms with E-state index in [0.717, 1.165) is 35.8 Å². The third-order valence-corrected chi connectivity index (χ3v) is 5.60. The molecule has 3 heterocycles. The van der Waals surface area contributed by atoms with Crippen LogP contribution in [-0.4, -0.2) is 41.1 Å². The molecule has 2 aromatic carbocycles. The molecular formula is C26H24N4O3. The first-order chi connectivity index (χ1) is 16.2. The maximum atomic E-state index is 12.5. The molecule has 2 aromatic heterocycles. The van der Waals surface area contributed by atoms with Gasteiger partial charge in [-0.3, -0.25) is 4.79 Å². The molecule has 0 atom stereocenters. The van der Waals surface area contributed by atoms with E-state index >= 15 is 0 Å². The van der Waals surface area contributed by atoms with Crippen LogP contribution < -0.4 is 15.2 Å². The fourth-order valence-electron chi connectivity index (χ4n) is 3.85. The van der Waals surface area contributed by atoms with Crippen LogP contribution >= 0.6 is 0 Å². The van der Waals surface area contributed by atoms with Crippen LogP contribution in [0.1, 0.15) is 0 Å². The molecule has 0 N–H and O–H groups in total. The highest BCUT2D eigenvalue weighted by Gasteiger charge is 2.18. The van der Waals surface area contributed by atoms with E-state index in [1.54, 1.807) is 19.3 Å². The molecule has 0 spiro atoms. The van der Waals surface area contributed by atoms with Crippen LogP contribution in [0.2, 0.25) is 0 Å². The number of morpholine rings is 1. The molecule has 166 valence electrons. The number of rotatable bonds is 5. The van der Waals surface area contributed by atoms with Crippen LogP contribution in [0.25, 0.3) is 22.4 Å². The molecule has 1 fully saturated rings. The van der Waals surface area contributed by atoms with E-state index in [1.165, 1.54) is 4.68 Å². The summed E-state index contributed by atoms with van der Waals surface area (Å²) in [4.78, 5) is 19.4. The van der Waals surface area contributed by atoms with Crippen molar-refractivity contribution >= 4 is 5.82 Å². The highest BCUT2D eigenvalue weighted by atomic mass is 16.5. The second-order valence-electron chi connectivity index (χ2n) is 7.78. The van der Waals surface area contributed by atoms with E-state index in [2.05, 4.69) is 15.0 Å². The Bertz CT molecular complexity index is 1300. The molecule has 33 heavy (non-hydrogen) atoms. The molecular weight excluding hydrogens is 416 g/mol. The molecule has 7 heteroatoms. The van der Waals surface area contributed by atoms with Crippen LogP contribution in [0.4, 0.5) is 5.82 Å². The quantitative estimate of drug-likeness (QED) is 0.465. The Morgan fingerprint density at radius 3 is 2.42 bits per heavy atom. The average Bonchev–Trinajstić information content (AvgIpc) is 2.87. The smallest absolute Gasteiger partial charge is 0.267 e. The SMILES string of the molecule is Cn1nc(-c2ccccc2Oc2ccccc2)c(-c2ccc(N3CCOCC3)nc2)cc1=O. The van der Waals surface area contributed by atoms with Gasteiger partial charge in [-0.05, 0) is 36.4 Å². The zero-order chi connectivity index (χ0) is 22.6. The predicted octanol–water partition coefficient (Wildman–Crippen LogP) is 4.14. The van der Waals surface area contributed by atoms with E-state index in [4.69, 9.17) is 9.47 Å². The second-order valence-corrected chi connectivity index (χ2v) is 7.78. The van der Waals surface area contributed by atoms with Crippen LogP contribution in [0.15, 0.2) is 83.8 Å². The lowest BCUT2D eigenvalue weighted by Crippen LogP contribution is -2.36. The van der Waals surface area contributed by atoms with Gasteiger partial charge in [0.05, 0.1) is 13.2 Å². The third-order valence-electron chi connectivity index (χ3n) is 5.60. The van der Waals surface area contributed by atoms with Crippen molar-refractivity contribution in [2.45, 2.75) is 0 Å². The number of pyridine rings is 1. The standard InChI is InChI=1S/C26H24N4O3/c1-29-25(31)17-22(19-11-12-24(27-18-19)30-13-15-32-16-14-30)26(28-29)21-9-5-6-10-23(21)33-20-7-3-2-4-8-20/h2-12,17-18H,13-16H2,1H3. The highest BCUT2D eigenvalue weighted by Crippen LogP contribution is 2.37. The van der Waals surface area contributed by atoms with Crippen LogP contribution in [0.5, 0.6) is 11.5 Å². The molecule has 1 aliphatic rings.